The molecule has 0 spiro atoms. The first-order valence-electron chi connectivity index (χ1n) is 10.3. The van der Waals surface area contributed by atoms with Crippen LogP contribution < -0.4 is 15.8 Å². The number of halogens is 1. The van der Waals surface area contributed by atoms with E-state index in [0.29, 0.717) is 17.5 Å². The summed E-state index contributed by atoms with van der Waals surface area (Å²) < 4.78 is 3.00. The SMILES string of the molecule is CC1(C)c2ccc(N3C4CCC3CNC4)cc2-n2c1nc(=O)c1c(Br)cccc12. The van der Waals surface area contributed by atoms with E-state index >= 15 is 0 Å². The number of benzene rings is 2. The van der Waals surface area contributed by atoms with Crippen LogP contribution in [-0.4, -0.2) is 34.7 Å². The molecule has 2 saturated heterocycles. The van der Waals surface area contributed by atoms with E-state index in [1.54, 1.807) is 0 Å². The van der Waals surface area contributed by atoms with Crippen molar-refractivity contribution in [3.05, 3.63) is 62.6 Å². The topological polar surface area (TPSA) is 50.2 Å². The van der Waals surface area contributed by atoms with Crippen LogP contribution in [0.3, 0.4) is 0 Å². The molecule has 2 atom stereocenters. The summed E-state index contributed by atoms with van der Waals surface area (Å²) in [6.07, 6.45) is 2.50. The van der Waals surface area contributed by atoms with Gasteiger partial charge in [0.1, 0.15) is 5.82 Å². The summed E-state index contributed by atoms with van der Waals surface area (Å²) in [5, 5.41) is 4.21. The normalized spacial score (nSPS) is 24.0. The Balaban J connectivity index is 1.63. The minimum absolute atomic E-state index is 0.167. The van der Waals surface area contributed by atoms with Crippen LogP contribution in [0.25, 0.3) is 16.6 Å². The summed E-state index contributed by atoms with van der Waals surface area (Å²) in [7, 11) is 0. The molecule has 0 amide bonds. The Kier molecular flexibility index (Phi) is 3.61. The standard InChI is InChI=1S/C23H23BrN4O/c1-23(2)16-9-8-13(27-14-6-7-15(27)12-25-11-14)10-19(16)28-18-5-3-4-17(24)20(18)21(29)26-22(23)28/h3-5,8-10,14-15,25H,6-7,11-12H2,1-2H3. The Bertz CT molecular complexity index is 1220. The second-order valence-electron chi connectivity index (χ2n) is 8.99. The Hall–Kier alpha value is -2.18. The van der Waals surface area contributed by atoms with Crippen LogP contribution >= 0.6 is 15.9 Å². The van der Waals surface area contributed by atoms with Gasteiger partial charge in [-0.25, -0.2) is 0 Å². The van der Waals surface area contributed by atoms with Crippen molar-refractivity contribution in [1.29, 1.82) is 0 Å². The van der Waals surface area contributed by atoms with Crippen molar-refractivity contribution in [3.63, 3.8) is 0 Å². The Morgan fingerprint density at radius 3 is 2.66 bits per heavy atom. The van der Waals surface area contributed by atoms with Crippen LogP contribution in [-0.2, 0) is 5.41 Å². The molecule has 0 radical (unpaired) electrons. The fourth-order valence-corrected chi connectivity index (χ4v) is 6.13. The van der Waals surface area contributed by atoms with Gasteiger partial charge >= 0.3 is 0 Å². The van der Waals surface area contributed by atoms with Crippen molar-refractivity contribution in [1.82, 2.24) is 14.9 Å². The van der Waals surface area contributed by atoms with Gasteiger partial charge in [-0.15, -0.1) is 0 Å². The molecule has 3 aromatic rings. The lowest BCUT2D eigenvalue weighted by Crippen LogP contribution is -2.52. The van der Waals surface area contributed by atoms with E-state index in [4.69, 9.17) is 0 Å². The Morgan fingerprint density at radius 2 is 1.90 bits per heavy atom. The molecular weight excluding hydrogens is 428 g/mol. The predicted molar refractivity (Wildman–Crippen MR) is 119 cm³/mol. The highest BCUT2D eigenvalue weighted by Gasteiger charge is 2.41. The van der Waals surface area contributed by atoms with Crippen LogP contribution in [0.5, 0.6) is 0 Å². The lowest BCUT2D eigenvalue weighted by Gasteiger charge is -2.37. The molecule has 2 fully saturated rings. The van der Waals surface area contributed by atoms with E-state index in [9.17, 15) is 4.79 Å². The van der Waals surface area contributed by atoms with E-state index in [1.807, 2.05) is 18.2 Å². The summed E-state index contributed by atoms with van der Waals surface area (Å²) in [5.74, 6) is 0.823. The van der Waals surface area contributed by atoms with Gasteiger partial charge in [0.15, 0.2) is 0 Å². The van der Waals surface area contributed by atoms with E-state index in [0.717, 1.165) is 34.6 Å². The zero-order valence-electron chi connectivity index (χ0n) is 16.6. The fourth-order valence-electron chi connectivity index (χ4n) is 5.60. The molecule has 29 heavy (non-hydrogen) atoms. The first-order valence-corrected chi connectivity index (χ1v) is 11.1. The summed E-state index contributed by atoms with van der Waals surface area (Å²) >= 11 is 3.56. The summed E-state index contributed by atoms with van der Waals surface area (Å²) in [5.41, 5.74) is 4.09. The van der Waals surface area contributed by atoms with Crippen molar-refractivity contribution in [3.8, 4) is 5.69 Å². The minimum atomic E-state index is -0.314. The monoisotopic (exact) mass is 450 g/mol. The number of rotatable bonds is 1. The van der Waals surface area contributed by atoms with Gasteiger partial charge in [0.05, 0.1) is 22.0 Å². The van der Waals surface area contributed by atoms with Gasteiger partial charge in [-0.2, -0.15) is 4.98 Å². The fraction of sp³-hybridized carbons (Fsp3) is 0.391. The van der Waals surface area contributed by atoms with Crippen molar-refractivity contribution >= 4 is 32.5 Å². The Labute approximate surface area is 177 Å². The summed E-state index contributed by atoms with van der Waals surface area (Å²) in [6.45, 7) is 6.43. The molecule has 2 unspecified atom stereocenters. The lowest BCUT2D eigenvalue weighted by atomic mass is 9.85. The number of hydrogen-bond donors (Lipinski definition) is 1. The molecule has 6 rings (SSSR count). The lowest BCUT2D eigenvalue weighted by molar-refractivity contribution is 0.485. The molecule has 5 nitrogen and oxygen atoms in total. The molecule has 3 aliphatic rings. The third kappa shape index (κ3) is 2.30. The van der Waals surface area contributed by atoms with Crippen LogP contribution in [0.15, 0.2) is 45.7 Å². The second kappa shape index (κ2) is 5.92. The van der Waals surface area contributed by atoms with Gasteiger partial charge in [0.2, 0.25) is 0 Å². The highest BCUT2D eigenvalue weighted by Crippen LogP contribution is 2.45. The molecule has 6 heteroatoms. The van der Waals surface area contributed by atoms with E-state index in [2.05, 4.69) is 67.7 Å². The minimum Gasteiger partial charge on any atom is -0.363 e. The van der Waals surface area contributed by atoms with Gasteiger partial charge in [-0.05, 0) is 72.4 Å². The van der Waals surface area contributed by atoms with Crippen LogP contribution in [0.2, 0.25) is 0 Å². The van der Waals surface area contributed by atoms with Crippen molar-refractivity contribution < 1.29 is 0 Å². The maximum Gasteiger partial charge on any atom is 0.281 e. The predicted octanol–water partition coefficient (Wildman–Crippen LogP) is 3.73. The van der Waals surface area contributed by atoms with Crippen molar-refractivity contribution in [2.75, 3.05) is 18.0 Å². The molecule has 1 N–H and O–H groups in total. The zero-order valence-corrected chi connectivity index (χ0v) is 18.2. The smallest absolute Gasteiger partial charge is 0.281 e. The molecule has 148 valence electrons. The van der Waals surface area contributed by atoms with Gasteiger partial charge in [0.25, 0.3) is 5.56 Å². The Morgan fingerprint density at radius 1 is 1.14 bits per heavy atom. The first-order chi connectivity index (χ1) is 14.0. The third-order valence-corrected chi connectivity index (χ3v) is 7.66. The number of aromatic nitrogens is 2. The van der Waals surface area contributed by atoms with Crippen LogP contribution in [0.1, 0.15) is 38.1 Å². The number of hydrogen-bond acceptors (Lipinski definition) is 4. The molecule has 3 aliphatic heterocycles. The average Bonchev–Trinajstić information content (AvgIpc) is 3.08. The number of anilines is 1. The largest absolute Gasteiger partial charge is 0.363 e. The first kappa shape index (κ1) is 17.7. The zero-order chi connectivity index (χ0) is 19.9. The molecule has 4 heterocycles. The number of piperazine rings is 1. The van der Waals surface area contributed by atoms with Gasteiger partial charge in [-0.1, -0.05) is 12.1 Å². The third-order valence-electron chi connectivity index (χ3n) is 7.00. The highest BCUT2D eigenvalue weighted by atomic mass is 79.9. The number of nitrogens with one attached hydrogen (secondary N) is 1. The van der Waals surface area contributed by atoms with Crippen molar-refractivity contribution in [2.45, 2.75) is 44.2 Å². The van der Waals surface area contributed by atoms with Gasteiger partial charge in [-0.3, -0.25) is 9.36 Å². The van der Waals surface area contributed by atoms with Crippen molar-refractivity contribution in [2.24, 2.45) is 0 Å². The maximum atomic E-state index is 12.8. The molecule has 2 aromatic carbocycles. The van der Waals surface area contributed by atoms with E-state index < -0.39 is 0 Å². The highest BCUT2D eigenvalue weighted by molar-refractivity contribution is 9.10. The molecule has 0 aliphatic carbocycles. The summed E-state index contributed by atoms with van der Waals surface area (Å²) in [6, 6.07) is 13.9. The second-order valence-corrected chi connectivity index (χ2v) is 9.84. The summed E-state index contributed by atoms with van der Waals surface area (Å²) in [4.78, 5) is 20.0. The van der Waals surface area contributed by atoms with Crippen LogP contribution in [0.4, 0.5) is 5.69 Å². The van der Waals surface area contributed by atoms with Crippen LogP contribution in [0, 0.1) is 0 Å². The van der Waals surface area contributed by atoms with E-state index in [1.165, 1.54) is 24.1 Å². The average molecular weight is 451 g/mol. The quantitative estimate of drug-likeness (QED) is 0.613. The van der Waals surface area contributed by atoms with E-state index in [-0.39, 0.29) is 11.0 Å². The van der Waals surface area contributed by atoms with Gasteiger partial charge < -0.3 is 10.2 Å². The number of nitrogens with zero attached hydrogens (tertiary/aromatic N) is 3. The maximum absolute atomic E-state index is 12.8. The van der Waals surface area contributed by atoms with Gasteiger partial charge in [0, 0.05) is 35.3 Å². The molecule has 0 saturated carbocycles. The number of fused-ring (bicyclic) bond motifs is 7. The molecule has 1 aromatic heterocycles. The molecular formula is C23H23BrN4O. The molecule has 2 bridgehead atoms.